The van der Waals surface area contributed by atoms with Crippen LogP contribution in [0.5, 0.6) is 0 Å². The Bertz CT molecular complexity index is 846. The minimum Gasteiger partial charge on any atom is -0.319 e. The zero-order valence-electron chi connectivity index (χ0n) is 11.9. The van der Waals surface area contributed by atoms with Crippen molar-refractivity contribution >= 4 is 11.6 Å². The standard InChI is InChI=1S/C14H9F3N6O/c15-14(16,17)11-2-1-9(7-20-11)21-12(24)10-3-4-19-13(22-10)23-6-5-18-8-23/h1-8H,(H,21,24). The smallest absolute Gasteiger partial charge is 0.319 e. The first-order valence-electron chi connectivity index (χ1n) is 6.59. The number of hydrogen-bond donors (Lipinski definition) is 1. The molecule has 7 nitrogen and oxygen atoms in total. The van der Waals surface area contributed by atoms with E-state index in [1.165, 1.54) is 29.4 Å². The van der Waals surface area contributed by atoms with Crippen LogP contribution in [-0.4, -0.2) is 30.4 Å². The lowest BCUT2D eigenvalue weighted by atomic mass is 10.3. The van der Waals surface area contributed by atoms with Crippen LogP contribution in [0.2, 0.25) is 0 Å². The van der Waals surface area contributed by atoms with Crippen LogP contribution in [0.3, 0.4) is 0 Å². The minimum atomic E-state index is -4.53. The molecule has 0 aliphatic carbocycles. The number of alkyl halides is 3. The highest BCUT2D eigenvalue weighted by atomic mass is 19.4. The number of anilines is 1. The molecule has 3 heterocycles. The Morgan fingerprint density at radius 2 is 1.96 bits per heavy atom. The van der Waals surface area contributed by atoms with E-state index >= 15 is 0 Å². The van der Waals surface area contributed by atoms with Gasteiger partial charge in [-0.3, -0.25) is 9.36 Å². The average molecular weight is 334 g/mol. The van der Waals surface area contributed by atoms with Gasteiger partial charge in [-0.25, -0.2) is 19.9 Å². The summed E-state index contributed by atoms with van der Waals surface area (Å²) >= 11 is 0. The Kier molecular flexibility index (Phi) is 3.94. The predicted octanol–water partition coefficient (Wildman–Crippen LogP) is 2.33. The van der Waals surface area contributed by atoms with Gasteiger partial charge in [-0.2, -0.15) is 13.2 Å². The summed E-state index contributed by atoms with van der Waals surface area (Å²) in [5, 5.41) is 2.43. The lowest BCUT2D eigenvalue weighted by Crippen LogP contribution is -2.16. The van der Waals surface area contributed by atoms with E-state index < -0.39 is 17.8 Å². The molecule has 0 aromatic carbocycles. The van der Waals surface area contributed by atoms with Crippen LogP contribution < -0.4 is 5.32 Å². The Balaban J connectivity index is 1.77. The average Bonchev–Trinajstić information content (AvgIpc) is 3.09. The highest BCUT2D eigenvalue weighted by Gasteiger charge is 2.32. The SMILES string of the molecule is O=C(Nc1ccc(C(F)(F)F)nc1)c1ccnc(-n2ccnc2)n1. The van der Waals surface area contributed by atoms with E-state index in [4.69, 9.17) is 0 Å². The second-order valence-corrected chi connectivity index (χ2v) is 4.60. The molecule has 0 aliphatic heterocycles. The fourth-order valence-corrected chi connectivity index (χ4v) is 1.81. The van der Waals surface area contributed by atoms with Crippen molar-refractivity contribution in [3.63, 3.8) is 0 Å². The number of hydrogen-bond acceptors (Lipinski definition) is 5. The van der Waals surface area contributed by atoms with Crippen molar-refractivity contribution < 1.29 is 18.0 Å². The molecule has 0 saturated carbocycles. The van der Waals surface area contributed by atoms with Crippen LogP contribution in [0, 0.1) is 0 Å². The number of nitrogens with one attached hydrogen (secondary N) is 1. The molecule has 10 heteroatoms. The van der Waals surface area contributed by atoms with Crippen molar-refractivity contribution in [2.45, 2.75) is 6.18 Å². The molecule has 3 rings (SSSR count). The van der Waals surface area contributed by atoms with Gasteiger partial charge in [0, 0.05) is 18.6 Å². The van der Waals surface area contributed by atoms with E-state index in [2.05, 4.69) is 25.3 Å². The first kappa shape index (κ1) is 15.6. The van der Waals surface area contributed by atoms with Crippen LogP contribution in [-0.2, 0) is 6.18 Å². The Morgan fingerprint density at radius 1 is 1.12 bits per heavy atom. The maximum absolute atomic E-state index is 12.5. The third kappa shape index (κ3) is 3.37. The van der Waals surface area contributed by atoms with E-state index in [0.717, 1.165) is 18.3 Å². The number of rotatable bonds is 3. The third-order valence-electron chi connectivity index (χ3n) is 2.92. The number of pyridine rings is 1. The molecule has 0 radical (unpaired) electrons. The summed E-state index contributed by atoms with van der Waals surface area (Å²) in [4.78, 5) is 27.3. The summed E-state index contributed by atoms with van der Waals surface area (Å²) in [7, 11) is 0. The zero-order valence-corrected chi connectivity index (χ0v) is 11.9. The third-order valence-corrected chi connectivity index (χ3v) is 2.92. The predicted molar refractivity (Wildman–Crippen MR) is 76.3 cm³/mol. The lowest BCUT2D eigenvalue weighted by molar-refractivity contribution is -0.141. The summed E-state index contributed by atoms with van der Waals surface area (Å²) < 4.78 is 38.9. The van der Waals surface area contributed by atoms with Crippen molar-refractivity contribution in [3.8, 4) is 5.95 Å². The lowest BCUT2D eigenvalue weighted by Gasteiger charge is -2.08. The van der Waals surface area contributed by atoms with Gasteiger partial charge in [-0.15, -0.1) is 0 Å². The fourth-order valence-electron chi connectivity index (χ4n) is 1.81. The molecule has 0 saturated heterocycles. The van der Waals surface area contributed by atoms with E-state index in [0.29, 0.717) is 0 Å². The molecule has 0 unspecified atom stereocenters. The van der Waals surface area contributed by atoms with Crippen molar-refractivity contribution in [2.24, 2.45) is 0 Å². The fraction of sp³-hybridized carbons (Fsp3) is 0.0714. The largest absolute Gasteiger partial charge is 0.433 e. The molecular formula is C14H9F3N6O. The second kappa shape index (κ2) is 6.07. The van der Waals surface area contributed by atoms with Gasteiger partial charge in [0.25, 0.3) is 5.91 Å². The number of imidazole rings is 1. The van der Waals surface area contributed by atoms with Gasteiger partial charge in [0.05, 0.1) is 11.9 Å². The Labute approximate surface area is 133 Å². The summed E-state index contributed by atoms with van der Waals surface area (Å²) in [5.41, 5.74) is -0.866. The summed E-state index contributed by atoms with van der Waals surface area (Å²) in [5.74, 6) is -0.356. The molecule has 0 aliphatic rings. The zero-order chi connectivity index (χ0) is 17.2. The topological polar surface area (TPSA) is 85.6 Å². The normalized spacial score (nSPS) is 11.3. The van der Waals surface area contributed by atoms with E-state index in [1.807, 2.05) is 0 Å². The highest BCUT2D eigenvalue weighted by molar-refractivity contribution is 6.02. The van der Waals surface area contributed by atoms with Crippen LogP contribution in [0.25, 0.3) is 5.95 Å². The Morgan fingerprint density at radius 3 is 2.58 bits per heavy atom. The quantitative estimate of drug-likeness (QED) is 0.794. The number of amides is 1. The molecule has 0 bridgehead atoms. The molecule has 24 heavy (non-hydrogen) atoms. The Hall–Kier alpha value is -3.30. The van der Waals surface area contributed by atoms with Crippen LogP contribution in [0.15, 0.2) is 49.3 Å². The number of carbonyl (C=O) groups is 1. The molecule has 3 aromatic heterocycles. The molecule has 122 valence electrons. The molecule has 1 amide bonds. The monoisotopic (exact) mass is 334 g/mol. The van der Waals surface area contributed by atoms with Crippen molar-refractivity contribution in [1.82, 2.24) is 24.5 Å². The summed E-state index contributed by atoms with van der Waals surface area (Å²) in [6.07, 6.45) is 2.40. The van der Waals surface area contributed by atoms with Crippen LogP contribution >= 0.6 is 0 Å². The van der Waals surface area contributed by atoms with Gasteiger partial charge < -0.3 is 5.32 Å². The van der Waals surface area contributed by atoms with E-state index in [9.17, 15) is 18.0 Å². The van der Waals surface area contributed by atoms with Gasteiger partial charge in [-0.1, -0.05) is 0 Å². The molecule has 0 atom stereocenters. The molecule has 3 aromatic rings. The van der Waals surface area contributed by atoms with Gasteiger partial charge >= 0.3 is 6.18 Å². The van der Waals surface area contributed by atoms with Crippen LogP contribution in [0.4, 0.5) is 18.9 Å². The molecular weight excluding hydrogens is 325 g/mol. The second-order valence-electron chi connectivity index (χ2n) is 4.60. The number of nitrogens with zero attached hydrogens (tertiary/aromatic N) is 5. The van der Waals surface area contributed by atoms with Crippen LogP contribution in [0.1, 0.15) is 16.2 Å². The first-order valence-corrected chi connectivity index (χ1v) is 6.59. The molecule has 0 spiro atoms. The van der Waals surface area contributed by atoms with E-state index in [-0.39, 0.29) is 17.3 Å². The molecule has 0 fully saturated rings. The number of halogens is 3. The number of carbonyl (C=O) groups excluding carboxylic acids is 1. The van der Waals surface area contributed by atoms with Crippen molar-refractivity contribution in [1.29, 1.82) is 0 Å². The summed E-state index contributed by atoms with van der Waals surface area (Å²) in [6.45, 7) is 0. The van der Waals surface area contributed by atoms with E-state index in [1.54, 1.807) is 6.20 Å². The summed E-state index contributed by atoms with van der Waals surface area (Å²) in [6, 6.07) is 3.28. The maximum Gasteiger partial charge on any atom is 0.433 e. The van der Waals surface area contributed by atoms with Gasteiger partial charge in [0.1, 0.15) is 17.7 Å². The first-order chi connectivity index (χ1) is 11.4. The highest BCUT2D eigenvalue weighted by Crippen LogP contribution is 2.27. The molecule has 1 N–H and O–H groups in total. The van der Waals surface area contributed by atoms with Gasteiger partial charge in [-0.05, 0) is 18.2 Å². The van der Waals surface area contributed by atoms with Crippen molar-refractivity contribution in [3.05, 3.63) is 60.7 Å². The number of aromatic nitrogens is 5. The van der Waals surface area contributed by atoms with Crippen molar-refractivity contribution in [2.75, 3.05) is 5.32 Å². The van der Waals surface area contributed by atoms with Gasteiger partial charge in [0.2, 0.25) is 5.95 Å². The van der Waals surface area contributed by atoms with Gasteiger partial charge in [0.15, 0.2) is 0 Å². The minimum absolute atomic E-state index is 0.0496. The maximum atomic E-state index is 12.5.